The number of aromatic nitrogens is 1. The zero-order valence-electron chi connectivity index (χ0n) is 13.9. The number of aliphatic hydroxyl groups excluding tert-OH is 1. The third-order valence-electron chi connectivity index (χ3n) is 3.92. The van der Waals surface area contributed by atoms with Gasteiger partial charge in [-0.1, -0.05) is 20.3 Å². The minimum absolute atomic E-state index is 0.192. The van der Waals surface area contributed by atoms with E-state index >= 15 is 0 Å². The van der Waals surface area contributed by atoms with Gasteiger partial charge in [0.25, 0.3) is 0 Å². The van der Waals surface area contributed by atoms with Crippen molar-refractivity contribution < 1.29 is 10.2 Å². The molecule has 0 unspecified atom stereocenters. The smallest absolute Gasteiger partial charge is 0.223 e. The number of pyridine rings is 1. The van der Waals surface area contributed by atoms with Crippen LogP contribution in [0.2, 0.25) is 0 Å². The van der Waals surface area contributed by atoms with E-state index in [0.29, 0.717) is 0 Å². The van der Waals surface area contributed by atoms with Gasteiger partial charge in [-0.15, -0.1) is 0 Å². The topological polar surface area (TPSA) is 65.7 Å². The predicted molar refractivity (Wildman–Crippen MR) is 89.2 cm³/mol. The van der Waals surface area contributed by atoms with E-state index in [1.165, 1.54) is 0 Å². The summed E-state index contributed by atoms with van der Waals surface area (Å²) in [6.07, 6.45) is 6.50. The normalized spacial score (nSPS) is 11.3. The molecule has 0 spiro atoms. The third kappa shape index (κ3) is 6.20. The summed E-state index contributed by atoms with van der Waals surface area (Å²) < 4.78 is 1.97. The first kappa shape index (κ1) is 18.7. The van der Waals surface area contributed by atoms with Gasteiger partial charge in [0.15, 0.2) is 5.75 Å². The molecule has 5 nitrogen and oxygen atoms in total. The summed E-state index contributed by atoms with van der Waals surface area (Å²) >= 11 is 0. The molecule has 126 valence electrons. The maximum atomic E-state index is 11.7. The number of aliphatic hydroxyl groups is 1. The van der Waals surface area contributed by atoms with Gasteiger partial charge in [0.1, 0.15) is 0 Å². The van der Waals surface area contributed by atoms with Gasteiger partial charge in [-0.2, -0.15) is 0 Å². The number of nitrogens with zero attached hydrogens (tertiary/aromatic N) is 2. The van der Waals surface area contributed by atoms with Crippen LogP contribution >= 0.6 is 0 Å². The fraction of sp³-hybridized carbons (Fsp3) is 0.706. The van der Waals surface area contributed by atoms with Crippen molar-refractivity contribution in [2.24, 2.45) is 0 Å². The molecular weight excluding hydrogens is 280 g/mol. The monoisotopic (exact) mass is 310 g/mol. The molecule has 0 aliphatic heterocycles. The lowest BCUT2D eigenvalue weighted by Crippen LogP contribution is -2.27. The van der Waals surface area contributed by atoms with E-state index in [4.69, 9.17) is 5.11 Å². The highest BCUT2D eigenvalue weighted by atomic mass is 16.3. The van der Waals surface area contributed by atoms with Crippen LogP contribution in [0.15, 0.2) is 17.1 Å². The molecule has 0 fully saturated rings. The van der Waals surface area contributed by atoms with Crippen molar-refractivity contribution in [2.45, 2.75) is 59.0 Å². The number of hydrogen-bond acceptors (Lipinski definition) is 4. The van der Waals surface area contributed by atoms with Crippen LogP contribution in [-0.2, 0) is 13.1 Å². The van der Waals surface area contributed by atoms with Crippen molar-refractivity contribution in [3.8, 4) is 5.75 Å². The average molecular weight is 310 g/mol. The Morgan fingerprint density at radius 1 is 1.18 bits per heavy atom. The Bertz CT molecular complexity index is 485. The van der Waals surface area contributed by atoms with Crippen molar-refractivity contribution in [3.05, 3.63) is 28.2 Å². The summed E-state index contributed by atoms with van der Waals surface area (Å²) in [7, 11) is 0. The van der Waals surface area contributed by atoms with Crippen LogP contribution < -0.4 is 5.43 Å². The van der Waals surface area contributed by atoms with Crippen molar-refractivity contribution in [2.75, 3.05) is 19.7 Å². The van der Waals surface area contributed by atoms with Gasteiger partial charge in [-0.05, 0) is 38.8 Å². The Hall–Kier alpha value is -1.33. The highest BCUT2D eigenvalue weighted by molar-refractivity contribution is 5.20. The molecule has 0 bridgehead atoms. The zero-order valence-corrected chi connectivity index (χ0v) is 13.9. The van der Waals surface area contributed by atoms with Crippen molar-refractivity contribution in [1.29, 1.82) is 0 Å². The second-order valence-electron chi connectivity index (χ2n) is 5.71. The summed E-state index contributed by atoms with van der Waals surface area (Å²) in [5.41, 5.74) is 0.637. The maximum Gasteiger partial charge on any atom is 0.223 e. The first-order chi connectivity index (χ1) is 10.6. The van der Waals surface area contributed by atoms with E-state index in [9.17, 15) is 9.90 Å². The van der Waals surface area contributed by atoms with E-state index in [0.717, 1.165) is 64.0 Å². The van der Waals surface area contributed by atoms with Crippen LogP contribution in [0.25, 0.3) is 0 Å². The number of hydrogen-bond donors (Lipinski definition) is 2. The highest BCUT2D eigenvalue weighted by Crippen LogP contribution is 2.11. The minimum Gasteiger partial charge on any atom is -0.503 e. The molecule has 0 saturated carbocycles. The minimum atomic E-state index is -0.312. The molecule has 1 aromatic rings. The number of aromatic hydroxyl groups is 1. The van der Waals surface area contributed by atoms with Gasteiger partial charge in [0.05, 0.1) is 6.20 Å². The largest absolute Gasteiger partial charge is 0.503 e. The van der Waals surface area contributed by atoms with Crippen LogP contribution in [0.4, 0.5) is 0 Å². The van der Waals surface area contributed by atoms with Gasteiger partial charge >= 0.3 is 0 Å². The maximum absolute atomic E-state index is 11.7. The second-order valence-corrected chi connectivity index (χ2v) is 5.71. The lowest BCUT2D eigenvalue weighted by Gasteiger charge is -2.23. The SMILES string of the molecule is CCCCN(CC)Cc1cc(=O)c(O)cn1CCCCCO. The number of rotatable bonds is 11. The fourth-order valence-electron chi connectivity index (χ4n) is 2.48. The molecule has 0 atom stereocenters. The summed E-state index contributed by atoms with van der Waals surface area (Å²) in [6.45, 7) is 7.96. The Morgan fingerprint density at radius 3 is 2.59 bits per heavy atom. The first-order valence-corrected chi connectivity index (χ1v) is 8.37. The third-order valence-corrected chi connectivity index (χ3v) is 3.92. The van der Waals surface area contributed by atoms with Crippen LogP contribution in [0.1, 0.15) is 51.6 Å². The first-order valence-electron chi connectivity index (χ1n) is 8.37. The van der Waals surface area contributed by atoms with Gasteiger partial charge in [0, 0.05) is 31.5 Å². The molecular formula is C17H30N2O3. The Labute approximate surface area is 133 Å². The molecule has 0 aromatic carbocycles. The molecule has 0 aliphatic rings. The zero-order chi connectivity index (χ0) is 16.4. The molecule has 1 heterocycles. The number of unbranched alkanes of at least 4 members (excludes halogenated alkanes) is 3. The van der Waals surface area contributed by atoms with Gasteiger partial charge in [0.2, 0.25) is 5.43 Å². The molecule has 1 aromatic heterocycles. The summed E-state index contributed by atoms with van der Waals surface area (Å²) in [5.74, 6) is -0.192. The number of aryl methyl sites for hydroxylation is 1. The lowest BCUT2D eigenvalue weighted by atomic mass is 10.2. The molecule has 1 rings (SSSR count). The predicted octanol–water partition coefficient (Wildman–Crippen LogP) is 2.34. The van der Waals surface area contributed by atoms with Crippen molar-refractivity contribution in [3.63, 3.8) is 0 Å². The molecule has 0 radical (unpaired) electrons. The van der Waals surface area contributed by atoms with E-state index < -0.39 is 0 Å². The van der Waals surface area contributed by atoms with Crippen molar-refractivity contribution in [1.82, 2.24) is 9.47 Å². The lowest BCUT2D eigenvalue weighted by molar-refractivity contribution is 0.265. The molecule has 0 amide bonds. The summed E-state index contributed by atoms with van der Waals surface area (Å²) in [6, 6.07) is 1.55. The molecule has 22 heavy (non-hydrogen) atoms. The van der Waals surface area contributed by atoms with E-state index in [2.05, 4.69) is 18.7 Å². The summed E-state index contributed by atoms with van der Waals surface area (Å²) in [4.78, 5) is 14.1. The fourth-order valence-corrected chi connectivity index (χ4v) is 2.48. The Morgan fingerprint density at radius 2 is 1.95 bits per heavy atom. The quantitative estimate of drug-likeness (QED) is 0.616. The second kappa shape index (κ2) is 10.4. The highest BCUT2D eigenvalue weighted by Gasteiger charge is 2.10. The van der Waals surface area contributed by atoms with Gasteiger partial charge in [-0.3, -0.25) is 9.69 Å². The van der Waals surface area contributed by atoms with Crippen LogP contribution in [0.3, 0.4) is 0 Å². The molecule has 0 saturated heterocycles. The molecule has 5 heteroatoms. The Balaban J connectivity index is 2.80. The van der Waals surface area contributed by atoms with Crippen LogP contribution in [0.5, 0.6) is 5.75 Å². The van der Waals surface area contributed by atoms with E-state index in [1.54, 1.807) is 12.3 Å². The Kier molecular flexibility index (Phi) is 8.85. The average Bonchev–Trinajstić information content (AvgIpc) is 2.52. The molecule has 2 N–H and O–H groups in total. The molecule has 0 aliphatic carbocycles. The van der Waals surface area contributed by atoms with Crippen molar-refractivity contribution >= 4 is 0 Å². The standard InChI is InChI=1S/C17H30N2O3/c1-3-5-9-18(4-2)13-15-12-16(21)17(22)14-19(15)10-7-6-8-11-20/h12,14,20,22H,3-11,13H2,1-2H3. The van der Waals surface area contributed by atoms with Gasteiger partial charge in [-0.25, -0.2) is 0 Å². The van der Waals surface area contributed by atoms with Crippen LogP contribution in [0, 0.1) is 0 Å². The van der Waals surface area contributed by atoms with Crippen LogP contribution in [-0.4, -0.2) is 39.4 Å². The van der Waals surface area contributed by atoms with E-state index in [-0.39, 0.29) is 17.8 Å². The van der Waals surface area contributed by atoms with Gasteiger partial charge < -0.3 is 14.8 Å². The van der Waals surface area contributed by atoms with E-state index in [1.807, 2.05) is 4.57 Å². The summed E-state index contributed by atoms with van der Waals surface area (Å²) in [5, 5.41) is 18.5.